The third-order valence-electron chi connectivity index (χ3n) is 8.58. The molecule has 5 heteroatoms. The topological polar surface area (TPSA) is 56.9 Å². The largest absolute Gasteiger partial charge is 0.507 e. The van der Waals surface area contributed by atoms with Crippen LogP contribution < -0.4 is 5.63 Å². The van der Waals surface area contributed by atoms with Crippen LogP contribution in [0.15, 0.2) is 39.1 Å². The van der Waals surface area contributed by atoms with Gasteiger partial charge in [0.05, 0.1) is 5.56 Å². The van der Waals surface area contributed by atoms with Crippen LogP contribution in [0.4, 0.5) is 0 Å². The molecule has 0 spiro atoms. The van der Waals surface area contributed by atoms with Gasteiger partial charge in [-0.2, -0.15) is 0 Å². The van der Waals surface area contributed by atoms with E-state index < -0.39 is 0 Å². The molecule has 3 fully saturated rings. The van der Waals surface area contributed by atoms with E-state index in [-0.39, 0.29) is 11.4 Å². The molecule has 6 rings (SSSR count). The van der Waals surface area contributed by atoms with Gasteiger partial charge in [-0.25, -0.2) is 4.79 Å². The van der Waals surface area contributed by atoms with E-state index >= 15 is 0 Å². The lowest BCUT2D eigenvalue weighted by atomic mass is 9.68. The summed E-state index contributed by atoms with van der Waals surface area (Å²) in [6.07, 6.45) is 11.1. The van der Waals surface area contributed by atoms with Gasteiger partial charge in [0.2, 0.25) is 0 Å². The Morgan fingerprint density at radius 1 is 1.19 bits per heavy atom. The second kappa shape index (κ2) is 8.03. The molecule has 4 heterocycles. The first-order chi connectivity index (χ1) is 15.6. The highest BCUT2D eigenvalue weighted by atomic mass is 16.4. The Morgan fingerprint density at radius 2 is 2.09 bits per heavy atom. The van der Waals surface area contributed by atoms with Crippen molar-refractivity contribution in [3.05, 3.63) is 51.4 Å². The third kappa shape index (κ3) is 3.32. The molecule has 4 aliphatic rings. The molecule has 1 N–H and O–H groups in total. The van der Waals surface area contributed by atoms with Gasteiger partial charge in [0.1, 0.15) is 11.3 Å². The van der Waals surface area contributed by atoms with E-state index in [1.165, 1.54) is 45.2 Å². The molecule has 32 heavy (non-hydrogen) atoms. The molecular formula is C27H34N2O3. The maximum absolute atomic E-state index is 12.2. The first kappa shape index (κ1) is 20.5. The van der Waals surface area contributed by atoms with Crippen LogP contribution >= 0.6 is 0 Å². The summed E-state index contributed by atoms with van der Waals surface area (Å²) in [6, 6.07) is 6.45. The summed E-state index contributed by atoms with van der Waals surface area (Å²) in [6.45, 7) is 6.17. The van der Waals surface area contributed by atoms with Gasteiger partial charge >= 0.3 is 5.63 Å². The number of phenolic OH excluding ortho intramolecular Hbond substituents is 1. The summed E-state index contributed by atoms with van der Waals surface area (Å²) in [5.41, 5.74) is 3.62. The molecule has 5 nitrogen and oxygen atoms in total. The number of phenols is 1. The number of hydrogen-bond donors (Lipinski definition) is 1. The van der Waals surface area contributed by atoms with E-state index in [1.807, 2.05) is 6.07 Å². The van der Waals surface area contributed by atoms with Crippen LogP contribution in [0.5, 0.6) is 5.75 Å². The number of nitrogens with zero attached hydrogens (tertiary/aromatic N) is 2. The zero-order chi connectivity index (χ0) is 21.8. The number of fused-ring (bicyclic) bond motifs is 7. The summed E-state index contributed by atoms with van der Waals surface area (Å²) in [7, 11) is 0. The number of likely N-dealkylation sites (tertiary alicyclic amines) is 1. The normalized spacial score (nSPS) is 30.6. The van der Waals surface area contributed by atoms with E-state index in [9.17, 15) is 9.90 Å². The van der Waals surface area contributed by atoms with E-state index in [0.29, 0.717) is 24.1 Å². The lowest BCUT2D eigenvalue weighted by Gasteiger charge is -2.54. The Kier molecular flexibility index (Phi) is 5.14. The van der Waals surface area contributed by atoms with Crippen LogP contribution in [0.2, 0.25) is 0 Å². The lowest BCUT2D eigenvalue weighted by molar-refractivity contribution is -0.00274. The van der Waals surface area contributed by atoms with Crippen LogP contribution in [0.3, 0.4) is 0 Å². The molecule has 0 radical (unpaired) electrons. The van der Waals surface area contributed by atoms with Crippen molar-refractivity contribution in [1.82, 2.24) is 9.80 Å². The molecule has 0 amide bonds. The maximum atomic E-state index is 12.2. The van der Waals surface area contributed by atoms with E-state index in [4.69, 9.17) is 4.42 Å². The van der Waals surface area contributed by atoms with Crippen LogP contribution in [0.25, 0.3) is 11.0 Å². The smallest absolute Gasteiger partial charge is 0.336 e. The van der Waals surface area contributed by atoms with Gasteiger partial charge in [0.15, 0.2) is 0 Å². The fourth-order valence-corrected chi connectivity index (χ4v) is 7.25. The van der Waals surface area contributed by atoms with E-state index in [0.717, 1.165) is 47.9 Å². The standard InChI is InChI=1S/C27H34N2O3/c1-2-17-14-25(31)32-27-21(17)8-9-24(30)22(27)16-29-11-5-6-18-12-19-13-20(26(18)29)15-28-10-4-3-7-23(19)28/h8-9,12,14,19-20,23,26,30H,2-7,10-11,13,15-16H2,1H3/t19?,20?,23-,26-/m1/s1. The van der Waals surface area contributed by atoms with Gasteiger partial charge in [0, 0.05) is 36.6 Å². The Balaban J connectivity index is 1.37. The third-order valence-corrected chi connectivity index (χ3v) is 8.58. The molecule has 1 aliphatic carbocycles. The molecule has 170 valence electrons. The minimum Gasteiger partial charge on any atom is -0.507 e. The Hall–Kier alpha value is -2.11. The first-order valence-electron chi connectivity index (χ1n) is 12.6. The molecule has 4 atom stereocenters. The minimum atomic E-state index is -0.329. The van der Waals surface area contributed by atoms with Crippen LogP contribution in [0, 0.1) is 11.8 Å². The summed E-state index contributed by atoms with van der Waals surface area (Å²) in [5.74, 6) is 1.61. The van der Waals surface area contributed by atoms with Crippen molar-refractivity contribution in [2.24, 2.45) is 11.8 Å². The van der Waals surface area contributed by atoms with Crippen molar-refractivity contribution in [3.8, 4) is 5.75 Å². The van der Waals surface area contributed by atoms with Crippen molar-refractivity contribution in [1.29, 1.82) is 0 Å². The number of piperidine rings is 3. The van der Waals surface area contributed by atoms with Crippen LogP contribution in [-0.4, -0.2) is 46.6 Å². The number of hydrogen-bond acceptors (Lipinski definition) is 5. The maximum Gasteiger partial charge on any atom is 0.336 e. The van der Waals surface area contributed by atoms with Gasteiger partial charge in [-0.3, -0.25) is 9.80 Å². The zero-order valence-electron chi connectivity index (χ0n) is 19.1. The number of aryl methyl sites for hydroxylation is 1. The average molecular weight is 435 g/mol. The van der Waals surface area contributed by atoms with E-state index in [1.54, 1.807) is 17.7 Å². The first-order valence-corrected chi connectivity index (χ1v) is 12.6. The highest BCUT2D eigenvalue weighted by molar-refractivity contribution is 5.85. The summed E-state index contributed by atoms with van der Waals surface area (Å²) in [5, 5.41) is 11.8. The van der Waals surface area contributed by atoms with Crippen molar-refractivity contribution in [2.45, 2.75) is 70.5 Å². The van der Waals surface area contributed by atoms with Crippen molar-refractivity contribution in [2.75, 3.05) is 19.6 Å². The monoisotopic (exact) mass is 434 g/mol. The van der Waals surface area contributed by atoms with E-state index in [2.05, 4.69) is 22.8 Å². The summed E-state index contributed by atoms with van der Waals surface area (Å²) in [4.78, 5) is 17.6. The Bertz CT molecular complexity index is 1120. The Morgan fingerprint density at radius 3 is 2.97 bits per heavy atom. The molecule has 3 aliphatic heterocycles. The second-order valence-electron chi connectivity index (χ2n) is 10.4. The van der Waals surface area contributed by atoms with Crippen LogP contribution in [0.1, 0.15) is 56.6 Å². The van der Waals surface area contributed by atoms with Crippen LogP contribution in [-0.2, 0) is 13.0 Å². The van der Waals surface area contributed by atoms with Gasteiger partial charge in [-0.15, -0.1) is 0 Å². The van der Waals surface area contributed by atoms with Gasteiger partial charge in [0.25, 0.3) is 0 Å². The van der Waals surface area contributed by atoms with Crippen molar-refractivity contribution >= 4 is 11.0 Å². The van der Waals surface area contributed by atoms with Gasteiger partial charge in [-0.05, 0) is 81.1 Å². The highest BCUT2D eigenvalue weighted by Gasteiger charge is 2.46. The molecule has 2 aromatic rings. The SMILES string of the molecule is CCc1cc(=O)oc2c(CN3CCCC4=CC5CC(CN6CCCC[C@H]56)[C@@H]43)c(O)ccc12. The van der Waals surface area contributed by atoms with Gasteiger partial charge < -0.3 is 9.52 Å². The molecular weight excluding hydrogens is 400 g/mol. The number of rotatable bonds is 3. The lowest BCUT2D eigenvalue weighted by Crippen LogP contribution is -2.59. The average Bonchev–Trinajstić information content (AvgIpc) is 2.80. The summed E-state index contributed by atoms with van der Waals surface area (Å²) >= 11 is 0. The zero-order valence-corrected chi connectivity index (χ0v) is 19.1. The summed E-state index contributed by atoms with van der Waals surface area (Å²) < 4.78 is 5.68. The molecule has 2 bridgehead atoms. The minimum absolute atomic E-state index is 0.235. The second-order valence-corrected chi connectivity index (χ2v) is 10.4. The number of benzene rings is 1. The number of aromatic hydroxyl groups is 1. The fraction of sp³-hybridized carbons (Fsp3) is 0.593. The van der Waals surface area contributed by atoms with Crippen molar-refractivity contribution in [3.63, 3.8) is 0 Å². The predicted molar refractivity (Wildman–Crippen MR) is 126 cm³/mol. The Labute approximate surface area is 189 Å². The molecule has 2 unspecified atom stereocenters. The molecule has 1 aromatic heterocycles. The predicted octanol–water partition coefficient (Wildman–Crippen LogP) is 4.46. The highest BCUT2D eigenvalue weighted by Crippen LogP contribution is 2.45. The fourth-order valence-electron chi connectivity index (χ4n) is 7.25. The van der Waals surface area contributed by atoms with Crippen molar-refractivity contribution < 1.29 is 9.52 Å². The quantitative estimate of drug-likeness (QED) is 0.571. The molecule has 3 saturated heterocycles. The molecule has 1 aromatic carbocycles. The van der Waals surface area contributed by atoms with Gasteiger partial charge in [-0.1, -0.05) is 25.0 Å². The molecule has 0 saturated carbocycles.